The molecular weight excluding hydrogens is 503 g/mol. The van der Waals surface area contributed by atoms with E-state index in [4.69, 9.17) is 9.47 Å². The fraction of sp³-hybridized carbons (Fsp3) is 0.407. The van der Waals surface area contributed by atoms with Crippen molar-refractivity contribution in [2.24, 2.45) is 5.92 Å². The van der Waals surface area contributed by atoms with E-state index in [-0.39, 0.29) is 30.1 Å². The molecule has 2 aromatic heterocycles. The summed E-state index contributed by atoms with van der Waals surface area (Å²) in [7, 11) is 2.13. The fourth-order valence-corrected chi connectivity index (χ4v) is 4.66. The molecule has 1 saturated heterocycles. The number of amides is 1. The van der Waals surface area contributed by atoms with Crippen LogP contribution >= 0.6 is 0 Å². The topological polar surface area (TPSA) is 117 Å². The molecule has 0 spiro atoms. The molecule has 0 radical (unpaired) electrons. The summed E-state index contributed by atoms with van der Waals surface area (Å²) in [6.45, 7) is 4.44. The molecular formula is C27H31FN8O3. The number of hydrogen-bond donors (Lipinski definition) is 3. The molecule has 1 amide bonds. The van der Waals surface area contributed by atoms with E-state index in [1.54, 1.807) is 12.1 Å². The van der Waals surface area contributed by atoms with Gasteiger partial charge in [0.15, 0.2) is 29.8 Å². The standard InChI is InChI=1S/C27H31FN8O3/c1-35-7-9-36(10-8-35)19-11-18(12-20(13-19)38-15-17-3-2-4-17)30-27-29-14-21(28)25(34-27)31-23-6-5-22-26(32-23)33-24(37)16-39-22/h5-6,11-14,17H,2-4,7-10,15-16H2,1H3,(H3,29,30,31,32,33,34,37). The fourth-order valence-electron chi connectivity index (χ4n) is 4.66. The monoisotopic (exact) mass is 534 g/mol. The van der Waals surface area contributed by atoms with Gasteiger partial charge in [-0.05, 0) is 44.0 Å². The molecule has 4 heterocycles. The van der Waals surface area contributed by atoms with E-state index in [0.29, 0.717) is 24.1 Å². The number of nitrogens with one attached hydrogen (secondary N) is 3. The van der Waals surface area contributed by atoms with Gasteiger partial charge in [-0.2, -0.15) is 4.98 Å². The molecule has 0 bridgehead atoms. The zero-order chi connectivity index (χ0) is 26.8. The van der Waals surface area contributed by atoms with Crippen molar-refractivity contribution < 1.29 is 18.7 Å². The number of likely N-dealkylation sites (N-methyl/N-ethyl adjacent to an activating group) is 1. The molecule has 3 aliphatic rings. The first-order chi connectivity index (χ1) is 19.0. The normalized spacial score (nSPS) is 17.5. The smallest absolute Gasteiger partial charge is 0.263 e. The van der Waals surface area contributed by atoms with E-state index in [2.05, 4.69) is 53.8 Å². The Labute approximate surface area is 225 Å². The zero-order valence-electron chi connectivity index (χ0n) is 21.7. The number of aromatic nitrogens is 3. The van der Waals surface area contributed by atoms with Crippen LogP contribution in [0.15, 0.2) is 36.5 Å². The highest BCUT2D eigenvalue weighted by atomic mass is 19.1. The Morgan fingerprint density at radius 2 is 1.97 bits per heavy atom. The molecule has 2 fully saturated rings. The first kappa shape index (κ1) is 25.1. The Morgan fingerprint density at radius 1 is 1.13 bits per heavy atom. The van der Waals surface area contributed by atoms with Crippen LogP contribution in [-0.2, 0) is 4.79 Å². The van der Waals surface area contributed by atoms with Gasteiger partial charge < -0.3 is 35.2 Å². The van der Waals surface area contributed by atoms with Gasteiger partial charge in [-0.3, -0.25) is 4.79 Å². The van der Waals surface area contributed by atoms with Gasteiger partial charge in [0, 0.05) is 49.7 Å². The quantitative estimate of drug-likeness (QED) is 0.394. The van der Waals surface area contributed by atoms with Gasteiger partial charge >= 0.3 is 0 Å². The zero-order valence-corrected chi connectivity index (χ0v) is 21.7. The second-order valence-electron chi connectivity index (χ2n) is 10.1. The molecule has 1 aromatic carbocycles. The lowest BCUT2D eigenvalue weighted by Gasteiger charge is -2.34. The minimum absolute atomic E-state index is 0.0558. The van der Waals surface area contributed by atoms with Gasteiger partial charge in [-0.1, -0.05) is 6.42 Å². The van der Waals surface area contributed by atoms with Crippen molar-refractivity contribution in [1.82, 2.24) is 19.9 Å². The van der Waals surface area contributed by atoms with Gasteiger partial charge in [-0.15, -0.1) is 0 Å². The van der Waals surface area contributed by atoms with Gasteiger partial charge in [0.05, 0.1) is 12.8 Å². The number of nitrogens with zero attached hydrogens (tertiary/aromatic N) is 5. The maximum Gasteiger partial charge on any atom is 0.263 e. The molecule has 11 nitrogen and oxygen atoms in total. The van der Waals surface area contributed by atoms with Crippen molar-refractivity contribution in [3.63, 3.8) is 0 Å². The number of hydrogen-bond acceptors (Lipinski definition) is 10. The molecule has 204 valence electrons. The minimum Gasteiger partial charge on any atom is -0.493 e. The number of pyridine rings is 1. The number of carbonyl (C=O) groups is 1. The summed E-state index contributed by atoms with van der Waals surface area (Å²) in [6, 6.07) is 9.31. The molecule has 39 heavy (non-hydrogen) atoms. The van der Waals surface area contributed by atoms with Crippen LogP contribution in [0.2, 0.25) is 0 Å². The van der Waals surface area contributed by atoms with Gasteiger partial charge in [0.25, 0.3) is 5.91 Å². The lowest BCUT2D eigenvalue weighted by molar-refractivity contribution is -0.118. The Kier molecular flexibility index (Phi) is 7.01. The van der Waals surface area contributed by atoms with Crippen LogP contribution in [0.1, 0.15) is 19.3 Å². The third-order valence-corrected chi connectivity index (χ3v) is 7.19. The van der Waals surface area contributed by atoms with E-state index < -0.39 is 5.82 Å². The predicted molar refractivity (Wildman–Crippen MR) is 146 cm³/mol. The SMILES string of the molecule is CN1CCN(c2cc(Nc3ncc(F)c(Nc4ccc5c(n4)NC(=O)CO5)n3)cc(OCC3CCC3)c2)CC1. The van der Waals surface area contributed by atoms with Crippen LogP contribution in [0, 0.1) is 11.7 Å². The highest BCUT2D eigenvalue weighted by Crippen LogP contribution is 2.33. The Bertz CT molecular complexity index is 1360. The van der Waals surface area contributed by atoms with Crippen molar-refractivity contribution in [3.05, 3.63) is 42.3 Å². The van der Waals surface area contributed by atoms with Crippen LogP contribution in [0.25, 0.3) is 0 Å². The summed E-state index contributed by atoms with van der Waals surface area (Å²) in [5.74, 6) is 1.61. The van der Waals surface area contributed by atoms with Gasteiger partial charge in [0.2, 0.25) is 5.95 Å². The molecule has 1 saturated carbocycles. The van der Waals surface area contributed by atoms with Crippen molar-refractivity contribution in [1.29, 1.82) is 0 Å². The van der Waals surface area contributed by atoms with Crippen LogP contribution in [-0.4, -0.2) is 72.2 Å². The molecule has 2 aliphatic heterocycles. The molecule has 0 atom stereocenters. The summed E-state index contributed by atoms with van der Waals surface area (Å²) in [5.41, 5.74) is 1.80. The van der Waals surface area contributed by atoms with E-state index >= 15 is 0 Å². The lowest BCUT2D eigenvalue weighted by atomic mass is 9.86. The summed E-state index contributed by atoms with van der Waals surface area (Å²) in [6.07, 6.45) is 4.78. The van der Waals surface area contributed by atoms with Crippen LogP contribution in [0.4, 0.5) is 39.2 Å². The number of benzene rings is 1. The number of rotatable bonds is 8. The second kappa shape index (κ2) is 10.9. The molecule has 3 aromatic rings. The summed E-state index contributed by atoms with van der Waals surface area (Å²) < 4.78 is 26.2. The number of anilines is 6. The minimum atomic E-state index is -0.643. The first-order valence-corrected chi connectivity index (χ1v) is 13.2. The maximum absolute atomic E-state index is 14.6. The molecule has 3 N–H and O–H groups in total. The highest BCUT2D eigenvalue weighted by molar-refractivity contribution is 5.94. The number of halogens is 1. The van der Waals surface area contributed by atoms with Crippen molar-refractivity contribution >= 4 is 40.7 Å². The third kappa shape index (κ3) is 5.95. The van der Waals surface area contributed by atoms with E-state index in [0.717, 1.165) is 49.5 Å². The Balaban J connectivity index is 1.22. The highest BCUT2D eigenvalue weighted by Gasteiger charge is 2.21. The largest absolute Gasteiger partial charge is 0.493 e. The summed E-state index contributed by atoms with van der Waals surface area (Å²) in [4.78, 5) is 29.1. The second-order valence-corrected chi connectivity index (χ2v) is 10.1. The Hall–Kier alpha value is -4.19. The lowest BCUT2D eigenvalue weighted by Crippen LogP contribution is -2.44. The average molecular weight is 535 g/mol. The maximum atomic E-state index is 14.6. The molecule has 0 unspecified atom stereocenters. The van der Waals surface area contributed by atoms with Crippen LogP contribution in [0.5, 0.6) is 11.5 Å². The van der Waals surface area contributed by atoms with E-state index in [1.807, 2.05) is 12.1 Å². The first-order valence-electron chi connectivity index (χ1n) is 13.2. The van der Waals surface area contributed by atoms with Crippen molar-refractivity contribution in [2.75, 3.05) is 67.3 Å². The van der Waals surface area contributed by atoms with Crippen molar-refractivity contribution in [2.45, 2.75) is 19.3 Å². The molecule has 1 aliphatic carbocycles. The van der Waals surface area contributed by atoms with Crippen LogP contribution < -0.4 is 30.3 Å². The number of piperazine rings is 1. The van der Waals surface area contributed by atoms with Gasteiger partial charge in [-0.25, -0.2) is 14.4 Å². The summed E-state index contributed by atoms with van der Waals surface area (Å²) >= 11 is 0. The van der Waals surface area contributed by atoms with E-state index in [1.165, 1.54) is 19.3 Å². The van der Waals surface area contributed by atoms with E-state index in [9.17, 15) is 9.18 Å². The van der Waals surface area contributed by atoms with Crippen molar-refractivity contribution in [3.8, 4) is 11.5 Å². The molecule has 12 heteroatoms. The number of ether oxygens (including phenoxy) is 2. The predicted octanol–water partition coefficient (Wildman–Crippen LogP) is 3.76. The number of fused-ring (bicyclic) bond motifs is 1. The Morgan fingerprint density at radius 3 is 2.77 bits per heavy atom. The molecule has 6 rings (SSSR count). The van der Waals surface area contributed by atoms with Gasteiger partial charge in [0.1, 0.15) is 11.6 Å². The number of carbonyl (C=O) groups excluding carboxylic acids is 1. The third-order valence-electron chi connectivity index (χ3n) is 7.19. The van der Waals surface area contributed by atoms with Crippen LogP contribution in [0.3, 0.4) is 0 Å². The summed E-state index contributed by atoms with van der Waals surface area (Å²) in [5, 5.41) is 8.72. The average Bonchev–Trinajstić information content (AvgIpc) is 2.90.